The first-order valence-electron chi connectivity index (χ1n) is 6.20. The highest BCUT2D eigenvalue weighted by atomic mass is 35.5. The molecule has 0 saturated heterocycles. The van der Waals surface area contributed by atoms with Gasteiger partial charge in [0.2, 0.25) is 0 Å². The Labute approximate surface area is 114 Å². The number of carbonyl (C=O) groups is 1. The lowest BCUT2D eigenvalue weighted by Gasteiger charge is -2.24. The number of benzene rings is 1. The van der Waals surface area contributed by atoms with Crippen molar-refractivity contribution >= 4 is 23.2 Å². The van der Waals surface area contributed by atoms with Crippen LogP contribution in [0.5, 0.6) is 0 Å². The molecule has 0 atom stereocenters. The lowest BCUT2D eigenvalue weighted by Crippen LogP contribution is -2.30. The van der Waals surface area contributed by atoms with E-state index in [0.717, 1.165) is 12.1 Å². The molecule has 4 heteroatoms. The summed E-state index contributed by atoms with van der Waals surface area (Å²) in [6, 6.07) is 5.45. The van der Waals surface area contributed by atoms with Crippen LogP contribution in [-0.2, 0) is 0 Å². The zero-order valence-electron chi connectivity index (χ0n) is 11.4. The Balaban J connectivity index is 3.04. The van der Waals surface area contributed by atoms with Crippen LogP contribution in [0.2, 0.25) is 5.02 Å². The molecule has 0 fully saturated rings. The Morgan fingerprint density at radius 2 is 2.00 bits per heavy atom. The molecular formula is C14H21ClN2O. The van der Waals surface area contributed by atoms with Crippen LogP contribution in [-0.4, -0.2) is 18.0 Å². The SMILES string of the molecule is CCCNC(=O)c1c(Cl)cccc1NC(C)(C)C. The van der Waals surface area contributed by atoms with Gasteiger partial charge in [-0.3, -0.25) is 4.79 Å². The first kappa shape index (κ1) is 14.8. The predicted octanol–water partition coefficient (Wildman–Crippen LogP) is 3.69. The number of rotatable bonds is 4. The molecule has 0 radical (unpaired) electrons. The molecule has 0 bridgehead atoms. The van der Waals surface area contributed by atoms with Gasteiger partial charge in [-0.05, 0) is 39.3 Å². The third kappa shape index (κ3) is 4.22. The maximum Gasteiger partial charge on any atom is 0.254 e. The van der Waals surface area contributed by atoms with Crippen LogP contribution in [0.15, 0.2) is 18.2 Å². The van der Waals surface area contributed by atoms with Gasteiger partial charge in [-0.25, -0.2) is 0 Å². The maximum absolute atomic E-state index is 12.1. The second-order valence-corrected chi connectivity index (χ2v) is 5.70. The first-order chi connectivity index (χ1) is 8.35. The molecule has 0 aliphatic rings. The molecule has 0 spiro atoms. The van der Waals surface area contributed by atoms with Crippen molar-refractivity contribution in [3.05, 3.63) is 28.8 Å². The first-order valence-corrected chi connectivity index (χ1v) is 6.58. The summed E-state index contributed by atoms with van der Waals surface area (Å²) >= 11 is 6.13. The van der Waals surface area contributed by atoms with Crippen molar-refractivity contribution in [2.75, 3.05) is 11.9 Å². The average molecular weight is 269 g/mol. The number of hydrogen-bond donors (Lipinski definition) is 2. The fourth-order valence-electron chi connectivity index (χ4n) is 1.59. The van der Waals surface area contributed by atoms with Gasteiger partial charge in [0, 0.05) is 17.8 Å². The van der Waals surface area contributed by atoms with E-state index in [-0.39, 0.29) is 11.4 Å². The van der Waals surface area contributed by atoms with E-state index in [0.29, 0.717) is 17.1 Å². The van der Waals surface area contributed by atoms with E-state index in [9.17, 15) is 4.79 Å². The van der Waals surface area contributed by atoms with Crippen LogP contribution >= 0.6 is 11.6 Å². The van der Waals surface area contributed by atoms with Gasteiger partial charge in [0.15, 0.2) is 0 Å². The predicted molar refractivity (Wildman–Crippen MR) is 77.5 cm³/mol. The summed E-state index contributed by atoms with van der Waals surface area (Å²) in [6.07, 6.45) is 0.901. The molecule has 0 heterocycles. The lowest BCUT2D eigenvalue weighted by molar-refractivity contribution is 0.0954. The summed E-state index contributed by atoms with van der Waals surface area (Å²) in [4.78, 5) is 12.1. The van der Waals surface area contributed by atoms with Crippen molar-refractivity contribution in [1.82, 2.24) is 5.32 Å². The fourth-order valence-corrected chi connectivity index (χ4v) is 1.85. The molecule has 2 N–H and O–H groups in total. The summed E-state index contributed by atoms with van der Waals surface area (Å²) in [5.41, 5.74) is 1.16. The second kappa shape index (κ2) is 6.10. The minimum Gasteiger partial charge on any atom is -0.380 e. The smallest absolute Gasteiger partial charge is 0.254 e. The number of nitrogens with one attached hydrogen (secondary N) is 2. The van der Waals surface area contributed by atoms with E-state index >= 15 is 0 Å². The van der Waals surface area contributed by atoms with Crippen LogP contribution in [0.3, 0.4) is 0 Å². The Bertz CT molecular complexity index is 424. The molecule has 0 saturated carbocycles. The molecule has 0 unspecified atom stereocenters. The monoisotopic (exact) mass is 268 g/mol. The number of hydrogen-bond acceptors (Lipinski definition) is 2. The number of carbonyl (C=O) groups excluding carboxylic acids is 1. The molecule has 0 aromatic heterocycles. The van der Waals surface area contributed by atoms with Gasteiger partial charge in [0.25, 0.3) is 5.91 Å². The maximum atomic E-state index is 12.1. The molecule has 3 nitrogen and oxygen atoms in total. The Morgan fingerprint density at radius 3 is 2.56 bits per heavy atom. The molecule has 1 aromatic rings. The summed E-state index contributed by atoms with van der Waals surface area (Å²) in [6.45, 7) is 8.80. The van der Waals surface area contributed by atoms with Crippen LogP contribution in [0.1, 0.15) is 44.5 Å². The van der Waals surface area contributed by atoms with Crippen molar-refractivity contribution in [3.8, 4) is 0 Å². The van der Waals surface area contributed by atoms with E-state index in [1.807, 2.05) is 39.8 Å². The van der Waals surface area contributed by atoms with E-state index < -0.39 is 0 Å². The van der Waals surface area contributed by atoms with Crippen molar-refractivity contribution < 1.29 is 4.79 Å². The van der Waals surface area contributed by atoms with Crippen molar-refractivity contribution in [2.45, 2.75) is 39.7 Å². The topological polar surface area (TPSA) is 41.1 Å². The quantitative estimate of drug-likeness (QED) is 0.874. The summed E-state index contributed by atoms with van der Waals surface area (Å²) in [5, 5.41) is 6.63. The highest BCUT2D eigenvalue weighted by Gasteiger charge is 2.18. The molecule has 1 rings (SSSR count). The van der Waals surface area contributed by atoms with Crippen LogP contribution in [0.25, 0.3) is 0 Å². The molecular weight excluding hydrogens is 248 g/mol. The van der Waals surface area contributed by atoms with Gasteiger partial charge in [-0.1, -0.05) is 24.6 Å². The number of anilines is 1. The highest BCUT2D eigenvalue weighted by Crippen LogP contribution is 2.26. The van der Waals surface area contributed by atoms with E-state index in [1.165, 1.54) is 0 Å². The Kier molecular flexibility index (Phi) is 5.03. The minimum atomic E-state index is -0.130. The van der Waals surface area contributed by atoms with E-state index in [4.69, 9.17) is 11.6 Å². The molecule has 100 valence electrons. The van der Waals surface area contributed by atoms with Crippen LogP contribution < -0.4 is 10.6 Å². The van der Waals surface area contributed by atoms with Gasteiger partial charge in [-0.15, -0.1) is 0 Å². The van der Waals surface area contributed by atoms with Gasteiger partial charge in [0.1, 0.15) is 0 Å². The average Bonchev–Trinajstić information content (AvgIpc) is 2.24. The number of halogens is 1. The van der Waals surface area contributed by atoms with Gasteiger partial charge in [-0.2, -0.15) is 0 Å². The van der Waals surface area contributed by atoms with Gasteiger partial charge >= 0.3 is 0 Å². The van der Waals surface area contributed by atoms with Gasteiger partial charge in [0.05, 0.1) is 10.6 Å². The molecule has 18 heavy (non-hydrogen) atoms. The summed E-state index contributed by atoms with van der Waals surface area (Å²) < 4.78 is 0. The Morgan fingerprint density at radius 1 is 1.33 bits per heavy atom. The fraction of sp³-hybridized carbons (Fsp3) is 0.500. The van der Waals surface area contributed by atoms with E-state index in [1.54, 1.807) is 6.07 Å². The minimum absolute atomic E-state index is 0.121. The molecule has 0 aliphatic heterocycles. The normalized spacial score (nSPS) is 11.2. The molecule has 0 aliphatic carbocycles. The lowest BCUT2D eigenvalue weighted by atomic mass is 10.1. The Hall–Kier alpha value is -1.22. The third-order valence-corrected chi connectivity index (χ3v) is 2.60. The third-order valence-electron chi connectivity index (χ3n) is 2.29. The zero-order valence-corrected chi connectivity index (χ0v) is 12.2. The second-order valence-electron chi connectivity index (χ2n) is 5.29. The standard InChI is InChI=1S/C14H21ClN2O/c1-5-9-16-13(18)12-10(15)7-6-8-11(12)17-14(2,3)4/h6-8,17H,5,9H2,1-4H3,(H,16,18). The zero-order chi connectivity index (χ0) is 13.8. The number of amides is 1. The van der Waals surface area contributed by atoms with Crippen LogP contribution in [0.4, 0.5) is 5.69 Å². The molecule has 1 amide bonds. The molecule has 1 aromatic carbocycles. The largest absolute Gasteiger partial charge is 0.380 e. The summed E-state index contributed by atoms with van der Waals surface area (Å²) in [5.74, 6) is -0.130. The van der Waals surface area contributed by atoms with Crippen molar-refractivity contribution in [2.24, 2.45) is 0 Å². The van der Waals surface area contributed by atoms with Crippen molar-refractivity contribution in [1.29, 1.82) is 0 Å². The van der Waals surface area contributed by atoms with Gasteiger partial charge < -0.3 is 10.6 Å². The van der Waals surface area contributed by atoms with Crippen LogP contribution in [0, 0.1) is 0 Å². The van der Waals surface area contributed by atoms with Crippen molar-refractivity contribution in [3.63, 3.8) is 0 Å². The highest BCUT2D eigenvalue weighted by molar-refractivity contribution is 6.34. The summed E-state index contributed by atoms with van der Waals surface area (Å²) in [7, 11) is 0. The van der Waals surface area contributed by atoms with E-state index in [2.05, 4.69) is 10.6 Å².